The van der Waals surface area contributed by atoms with Crippen LogP contribution in [0.15, 0.2) is 41.2 Å². The van der Waals surface area contributed by atoms with Gasteiger partial charge in [0.1, 0.15) is 5.56 Å². The van der Waals surface area contributed by atoms with Crippen LogP contribution in [0.1, 0.15) is 40.2 Å². The second-order valence-corrected chi connectivity index (χ2v) is 5.93. The highest BCUT2D eigenvalue weighted by atomic mass is 16.2. The zero-order valence-corrected chi connectivity index (χ0v) is 12.9. The van der Waals surface area contributed by atoms with E-state index in [0.717, 1.165) is 29.8 Å². The summed E-state index contributed by atoms with van der Waals surface area (Å²) in [5.41, 5.74) is 2.82. The summed E-state index contributed by atoms with van der Waals surface area (Å²) in [5, 5.41) is 2.91. The van der Waals surface area contributed by atoms with Crippen LogP contribution < -0.4 is 10.7 Å². The SMILES string of the molecule is Cc1cc(=O)c(C(=O)NC2CC2)c(C)n1Cc1ccccc1. The van der Waals surface area contributed by atoms with Crippen LogP contribution in [0.3, 0.4) is 0 Å². The lowest BCUT2D eigenvalue weighted by atomic mass is 10.1. The Labute approximate surface area is 129 Å². The van der Waals surface area contributed by atoms with Gasteiger partial charge in [-0.3, -0.25) is 9.59 Å². The molecule has 4 nitrogen and oxygen atoms in total. The van der Waals surface area contributed by atoms with Crippen molar-refractivity contribution in [1.29, 1.82) is 0 Å². The largest absolute Gasteiger partial charge is 0.349 e. The highest BCUT2D eigenvalue weighted by molar-refractivity contribution is 5.95. The Morgan fingerprint density at radius 3 is 2.55 bits per heavy atom. The molecule has 1 N–H and O–H groups in total. The summed E-state index contributed by atoms with van der Waals surface area (Å²) in [4.78, 5) is 24.6. The van der Waals surface area contributed by atoms with Gasteiger partial charge in [0, 0.05) is 30.0 Å². The normalized spacial score (nSPS) is 13.9. The lowest BCUT2D eigenvalue weighted by Crippen LogP contribution is -2.33. The van der Waals surface area contributed by atoms with Gasteiger partial charge in [-0.1, -0.05) is 30.3 Å². The molecule has 1 fully saturated rings. The van der Waals surface area contributed by atoms with Gasteiger partial charge in [-0.05, 0) is 32.3 Å². The number of nitrogens with zero attached hydrogens (tertiary/aromatic N) is 1. The maximum absolute atomic E-state index is 12.3. The molecule has 2 aromatic rings. The Balaban J connectivity index is 1.99. The predicted octanol–water partition coefficient (Wildman–Crippen LogP) is 2.41. The fourth-order valence-electron chi connectivity index (χ4n) is 2.69. The maximum Gasteiger partial charge on any atom is 0.257 e. The van der Waals surface area contributed by atoms with Crippen molar-refractivity contribution < 1.29 is 4.79 Å². The summed E-state index contributed by atoms with van der Waals surface area (Å²) in [6.07, 6.45) is 2.02. The van der Waals surface area contributed by atoms with Crippen molar-refractivity contribution in [2.24, 2.45) is 0 Å². The second-order valence-electron chi connectivity index (χ2n) is 5.93. The number of pyridine rings is 1. The number of carbonyl (C=O) groups is 1. The fraction of sp³-hybridized carbons (Fsp3) is 0.333. The minimum Gasteiger partial charge on any atom is -0.349 e. The molecule has 3 rings (SSSR count). The molecular weight excluding hydrogens is 276 g/mol. The minimum absolute atomic E-state index is 0.197. The summed E-state index contributed by atoms with van der Waals surface area (Å²) in [6, 6.07) is 11.8. The van der Waals surface area contributed by atoms with Crippen molar-refractivity contribution in [3.63, 3.8) is 0 Å². The molecule has 0 aliphatic heterocycles. The van der Waals surface area contributed by atoms with E-state index in [4.69, 9.17) is 0 Å². The van der Waals surface area contributed by atoms with Gasteiger partial charge in [-0.2, -0.15) is 0 Å². The molecule has 0 unspecified atom stereocenters. The van der Waals surface area contributed by atoms with Crippen LogP contribution in [0.25, 0.3) is 0 Å². The third-order valence-corrected chi connectivity index (χ3v) is 4.10. The maximum atomic E-state index is 12.3. The van der Waals surface area contributed by atoms with Crippen LogP contribution in [0, 0.1) is 13.8 Å². The van der Waals surface area contributed by atoms with E-state index in [1.54, 1.807) is 6.07 Å². The van der Waals surface area contributed by atoms with E-state index >= 15 is 0 Å². The number of hydrogen-bond acceptors (Lipinski definition) is 2. The van der Waals surface area contributed by atoms with Gasteiger partial charge in [0.05, 0.1) is 0 Å². The van der Waals surface area contributed by atoms with Crippen molar-refractivity contribution in [1.82, 2.24) is 9.88 Å². The quantitative estimate of drug-likeness (QED) is 0.942. The Morgan fingerprint density at radius 1 is 1.23 bits per heavy atom. The zero-order chi connectivity index (χ0) is 15.7. The molecule has 0 atom stereocenters. The predicted molar refractivity (Wildman–Crippen MR) is 86.2 cm³/mol. The van der Waals surface area contributed by atoms with Crippen molar-refractivity contribution >= 4 is 5.91 Å². The van der Waals surface area contributed by atoms with E-state index in [1.165, 1.54) is 0 Å². The van der Waals surface area contributed by atoms with E-state index in [-0.39, 0.29) is 22.9 Å². The number of amides is 1. The molecule has 1 aliphatic rings. The van der Waals surface area contributed by atoms with Gasteiger partial charge in [0.2, 0.25) is 0 Å². The smallest absolute Gasteiger partial charge is 0.257 e. The number of carbonyl (C=O) groups excluding carboxylic acids is 1. The molecule has 0 saturated heterocycles. The Bertz CT molecular complexity index is 759. The van der Waals surface area contributed by atoms with Crippen LogP contribution >= 0.6 is 0 Å². The lowest BCUT2D eigenvalue weighted by molar-refractivity contribution is 0.0948. The topological polar surface area (TPSA) is 51.1 Å². The molecule has 0 radical (unpaired) electrons. The Morgan fingerprint density at radius 2 is 1.91 bits per heavy atom. The van der Waals surface area contributed by atoms with E-state index in [2.05, 4.69) is 5.32 Å². The molecule has 114 valence electrons. The average Bonchev–Trinajstić information content (AvgIpc) is 3.28. The number of aryl methyl sites for hydroxylation is 1. The van der Waals surface area contributed by atoms with Crippen LogP contribution in [0.4, 0.5) is 0 Å². The molecule has 0 spiro atoms. The van der Waals surface area contributed by atoms with Gasteiger partial charge in [-0.25, -0.2) is 0 Å². The van der Waals surface area contributed by atoms with Gasteiger partial charge >= 0.3 is 0 Å². The minimum atomic E-state index is -0.244. The van der Waals surface area contributed by atoms with Crippen LogP contribution in [0.2, 0.25) is 0 Å². The first kappa shape index (κ1) is 14.6. The van der Waals surface area contributed by atoms with E-state index in [1.807, 2.05) is 48.7 Å². The van der Waals surface area contributed by atoms with Crippen LogP contribution in [0.5, 0.6) is 0 Å². The van der Waals surface area contributed by atoms with Gasteiger partial charge in [-0.15, -0.1) is 0 Å². The number of rotatable bonds is 4. The molecule has 1 aliphatic carbocycles. The molecular formula is C18H20N2O2. The number of nitrogens with one attached hydrogen (secondary N) is 1. The Hall–Kier alpha value is -2.36. The molecule has 0 bridgehead atoms. The van der Waals surface area contributed by atoms with E-state index in [0.29, 0.717) is 6.54 Å². The summed E-state index contributed by atoms with van der Waals surface area (Å²) in [7, 11) is 0. The number of aromatic nitrogens is 1. The second kappa shape index (κ2) is 5.79. The van der Waals surface area contributed by atoms with Crippen molar-refractivity contribution in [2.45, 2.75) is 39.3 Å². The van der Waals surface area contributed by atoms with Crippen molar-refractivity contribution in [3.05, 3.63) is 69.1 Å². The van der Waals surface area contributed by atoms with Crippen molar-refractivity contribution in [3.8, 4) is 0 Å². The standard InChI is InChI=1S/C18H20N2O2/c1-12-10-16(21)17(18(22)19-15-8-9-15)13(2)20(12)11-14-6-4-3-5-7-14/h3-7,10,15H,8-9,11H2,1-2H3,(H,19,22). The molecule has 1 heterocycles. The molecule has 22 heavy (non-hydrogen) atoms. The Kier molecular flexibility index (Phi) is 3.84. The third kappa shape index (κ3) is 2.96. The zero-order valence-electron chi connectivity index (χ0n) is 12.9. The summed E-state index contributed by atoms with van der Waals surface area (Å²) < 4.78 is 2.03. The molecule has 4 heteroatoms. The average molecular weight is 296 g/mol. The fourth-order valence-corrected chi connectivity index (χ4v) is 2.69. The summed E-state index contributed by atoms with van der Waals surface area (Å²) in [5.74, 6) is -0.244. The van der Waals surface area contributed by atoms with E-state index in [9.17, 15) is 9.59 Å². The number of benzene rings is 1. The lowest BCUT2D eigenvalue weighted by Gasteiger charge is -2.17. The molecule has 1 aromatic carbocycles. The summed E-state index contributed by atoms with van der Waals surface area (Å²) >= 11 is 0. The highest BCUT2D eigenvalue weighted by Gasteiger charge is 2.26. The van der Waals surface area contributed by atoms with Gasteiger partial charge in [0.25, 0.3) is 5.91 Å². The first-order chi connectivity index (χ1) is 10.6. The van der Waals surface area contributed by atoms with Crippen LogP contribution in [-0.2, 0) is 6.54 Å². The molecule has 1 amide bonds. The molecule has 1 saturated carbocycles. The summed E-state index contributed by atoms with van der Waals surface area (Å²) in [6.45, 7) is 4.40. The number of hydrogen-bond donors (Lipinski definition) is 1. The molecule has 1 aromatic heterocycles. The highest BCUT2D eigenvalue weighted by Crippen LogP contribution is 2.19. The third-order valence-electron chi connectivity index (χ3n) is 4.10. The van der Waals surface area contributed by atoms with Gasteiger partial charge in [0.15, 0.2) is 5.43 Å². The van der Waals surface area contributed by atoms with Crippen LogP contribution in [-0.4, -0.2) is 16.5 Å². The first-order valence-electron chi connectivity index (χ1n) is 7.62. The first-order valence-corrected chi connectivity index (χ1v) is 7.62. The van der Waals surface area contributed by atoms with Gasteiger partial charge < -0.3 is 9.88 Å². The van der Waals surface area contributed by atoms with E-state index < -0.39 is 0 Å². The van der Waals surface area contributed by atoms with Crippen molar-refractivity contribution in [2.75, 3.05) is 0 Å². The monoisotopic (exact) mass is 296 g/mol.